The second kappa shape index (κ2) is 11.4. The van der Waals surface area contributed by atoms with Gasteiger partial charge >= 0.3 is 7.12 Å². The summed E-state index contributed by atoms with van der Waals surface area (Å²) in [5.74, 6) is -1.66. The molecule has 0 saturated heterocycles. The van der Waals surface area contributed by atoms with Crippen LogP contribution in [0.1, 0.15) is 44.1 Å². The number of benzene rings is 1. The molecule has 0 saturated carbocycles. The lowest BCUT2D eigenvalue weighted by Crippen LogP contribution is -2.57. The van der Waals surface area contributed by atoms with E-state index in [0.29, 0.717) is 24.4 Å². The molecule has 0 spiro atoms. The van der Waals surface area contributed by atoms with Gasteiger partial charge in [-0.05, 0) is 30.7 Å². The first-order valence-corrected chi connectivity index (χ1v) is 11.4. The molecule has 182 valence electrons. The molecule has 0 bridgehead atoms. The largest absolute Gasteiger partial charge is 0.475 e. The fraction of sp³-hybridized carbons (Fsp3) is 0.478. The Hall–Kier alpha value is -3.02. The number of carbonyl (C=O) groups is 2. The van der Waals surface area contributed by atoms with Gasteiger partial charge in [-0.15, -0.1) is 0 Å². The highest BCUT2D eigenvalue weighted by atomic mass is 16.7. The highest BCUT2D eigenvalue weighted by Gasteiger charge is 2.48. The molecule has 1 aliphatic heterocycles. The number of rotatable bonds is 11. The second-order valence-corrected chi connectivity index (χ2v) is 8.74. The number of pyridine rings is 1. The molecule has 1 aromatic heterocycles. The third kappa shape index (κ3) is 6.10. The summed E-state index contributed by atoms with van der Waals surface area (Å²) in [6.07, 6.45) is 2.03. The topological polar surface area (TPSA) is 142 Å². The van der Waals surface area contributed by atoms with E-state index in [0.717, 1.165) is 10.8 Å². The fourth-order valence-corrected chi connectivity index (χ4v) is 3.80. The van der Waals surface area contributed by atoms with Crippen LogP contribution in [0.3, 0.4) is 0 Å². The zero-order valence-corrected chi connectivity index (χ0v) is 19.7. The van der Waals surface area contributed by atoms with Crippen LogP contribution in [0, 0.1) is 5.92 Å². The van der Waals surface area contributed by atoms with Gasteiger partial charge in [0.25, 0.3) is 11.8 Å². The molecule has 2 amide bonds. The van der Waals surface area contributed by atoms with Crippen LogP contribution in [-0.2, 0) is 14.4 Å². The van der Waals surface area contributed by atoms with Crippen molar-refractivity contribution in [3.63, 3.8) is 0 Å². The molecule has 2 heterocycles. The summed E-state index contributed by atoms with van der Waals surface area (Å²) in [6, 6.07) is 9.29. The number of amides is 2. The summed E-state index contributed by atoms with van der Waals surface area (Å²) in [5, 5.41) is 30.5. The van der Waals surface area contributed by atoms with Gasteiger partial charge in [-0.1, -0.05) is 43.3 Å². The SMILES string of the molecule is CCOCC1(C(=O)NC(CC(C)C)B(O)O)CC(CNC(=O)c2nccc3ccccc23)=NO1. The molecule has 4 N–H and O–H groups in total. The first-order valence-electron chi connectivity index (χ1n) is 11.4. The van der Waals surface area contributed by atoms with E-state index in [-0.39, 0.29) is 31.4 Å². The number of ether oxygens (including phenoxy) is 1. The van der Waals surface area contributed by atoms with Gasteiger partial charge in [0.15, 0.2) is 0 Å². The molecule has 0 fully saturated rings. The van der Waals surface area contributed by atoms with E-state index in [1.165, 1.54) is 0 Å². The van der Waals surface area contributed by atoms with Gasteiger partial charge in [0, 0.05) is 24.6 Å². The van der Waals surface area contributed by atoms with Crippen LogP contribution >= 0.6 is 0 Å². The summed E-state index contributed by atoms with van der Waals surface area (Å²) in [7, 11) is -1.72. The van der Waals surface area contributed by atoms with E-state index in [1.54, 1.807) is 13.1 Å². The number of fused-ring (bicyclic) bond motifs is 1. The van der Waals surface area contributed by atoms with Crippen molar-refractivity contribution in [1.29, 1.82) is 0 Å². The van der Waals surface area contributed by atoms with E-state index in [2.05, 4.69) is 20.8 Å². The number of hydrogen-bond donors (Lipinski definition) is 4. The predicted molar refractivity (Wildman–Crippen MR) is 128 cm³/mol. The standard InChI is InChI=1S/C23H31BN4O6/c1-4-33-14-23(22(30)27-19(24(31)32)11-15(2)3)12-17(28-34-23)13-26-21(29)20-18-8-6-5-7-16(18)9-10-25-20/h5-10,15,19,31-32H,4,11-14H2,1-3H3,(H,26,29)(H,27,30). The van der Waals surface area contributed by atoms with Gasteiger partial charge in [-0.25, -0.2) is 0 Å². The quantitative estimate of drug-likeness (QED) is 0.360. The van der Waals surface area contributed by atoms with E-state index in [4.69, 9.17) is 9.57 Å². The Morgan fingerprint density at radius 3 is 2.74 bits per heavy atom. The molecule has 10 nitrogen and oxygen atoms in total. The van der Waals surface area contributed by atoms with Crippen molar-refractivity contribution in [2.24, 2.45) is 11.1 Å². The van der Waals surface area contributed by atoms with Crippen molar-refractivity contribution in [2.75, 3.05) is 19.8 Å². The van der Waals surface area contributed by atoms with Crippen LogP contribution < -0.4 is 10.6 Å². The first kappa shape index (κ1) is 25.6. The molecule has 0 radical (unpaired) electrons. The highest BCUT2D eigenvalue weighted by Crippen LogP contribution is 2.26. The summed E-state index contributed by atoms with van der Waals surface area (Å²) < 4.78 is 5.48. The predicted octanol–water partition coefficient (Wildman–Crippen LogP) is 1.06. The van der Waals surface area contributed by atoms with Crippen LogP contribution in [0.15, 0.2) is 41.7 Å². The second-order valence-electron chi connectivity index (χ2n) is 8.74. The van der Waals surface area contributed by atoms with Crippen molar-refractivity contribution in [2.45, 2.75) is 45.2 Å². The molecule has 34 heavy (non-hydrogen) atoms. The van der Waals surface area contributed by atoms with Gasteiger partial charge in [-0.2, -0.15) is 0 Å². The van der Waals surface area contributed by atoms with Crippen LogP contribution in [0.4, 0.5) is 0 Å². The van der Waals surface area contributed by atoms with E-state index in [9.17, 15) is 19.6 Å². The number of nitrogens with zero attached hydrogens (tertiary/aromatic N) is 2. The van der Waals surface area contributed by atoms with Gasteiger partial charge in [-0.3, -0.25) is 14.6 Å². The third-order valence-electron chi connectivity index (χ3n) is 5.54. The number of hydrogen-bond acceptors (Lipinski definition) is 8. The molecule has 11 heteroatoms. The average molecular weight is 470 g/mol. The molecule has 0 aliphatic carbocycles. The summed E-state index contributed by atoms with van der Waals surface area (Å²) in [6.45, 7) is 5.96. The lowest BCUT2D eigenvalue weighted by molar-refractivity contribution is -0.152. The highest BCUT2D eigenvalue weighted by molar-refractivity contribution is 6.43. The minimum absolute atomic E-state index is 0.0585. The normalized spacial score (nSPS) is 18.4. The third-order valence-corrected chi connectivity index (χ3v) is 5.54. The van der Waals surface area contributed by atoms with Gasteiger partial charge in [0.1, 0.15) is 5.69 Å². The van der Waals surface area contributed by atoms with Crippen molar-refractivity contribution in [1.82, 2.24) is 15.6 Å². The van der Waals surface area contributed by atoms with Crippen LogP contribution in [-0.4, -0.2) is 71.0 Å². The maximum absolute atomic E-state index is 13.1. The zero-order chi connectivity index (χ0) is 24.7. The van der Waals surface area contributed by atoms with Crippen molar-refractivity contribution in [3.05, 3.63) is 42.2 Å². The Bertz CT molecular complexity index is 1040. The first-order chi connectivity index (χ1) is 16.3. The van der Waals surface area contributed by atoms with Gasteiger partial charge in [0.2, 0.25) is 5.60 Å². The Balaban J connectivity index is 1.67. The number of aromatic nitrogens is 1. The van der Waals surface area contributed by atoms with E-state index >= 15 is 0 Å². The lowest BCUT2D eigenvalue weighted by Gasteiger charge is -2.28. The Morgan fingerprint density at radius 2 is 2.03 bits per heavy atom. The minimum Gasteiger partial charge on any atom is -0.426 e. The summed E-state index contributed by atoms with van der Waals surface area (Å²) in [5.41, 5.74) is -0.712. The van der Waals surface area contributed by atoms with Crippen molar-refractivity contribution >= 4 is 35.4 Å². The molecular weight excluding hydrogens is 439 g/mol. The smallest absolute Gasteiger partial charge is 0.426 e. The molecule has 3 rings (SSSR count). The number of nitrogens with one attached hydrogen (secondary N) is 2. The molecule has 2 aromatic rings. The summed E-state index contributed by atoms with van der Waals surface area (Å²) in [4.78, 5) is 35.6. The number of carbonyl (C=O) groups excluding carboxylic acids is 2. The zero-order valence-electron chi connectivity index (χ0n) is 19.7. The Labute approximate surface area is 198 Å². The summed E-state index contributed by atoms with van der Waals surface area (Å²) >= 11 is 0. The monoisotopic (exact) mass is 470 g/mol. The molecule has 2 atom stereocenters. The average Bonchev–Trinajstić information content (AvgIpc) is 3.24. The van der Waals surface area contributed by atoms with Crippen LogP contribution in [0.25, 0.3) is 10.8 Å². The van der Waals surface area contributed by atoms with Gasteiger partial charge < -0.3 is 30.3 Å². The fourth-order valence-electron chi connectivity index (χ4n) is 3.80. The lowest BCUT2D eigenvalue weighted by atomic mass is 9.74. The Kier molecular flexibility index (Phi) is 8.59. The van der Waals surface area contributed by atoms with E-state index in [1.807, 2.05) is 44.2 Å². The maximum Gasteiger partial charge on any atom is 0.475 e. The molecule has 1 aliphatic rings. The van der Waals surface area contributed by atoms with Crippen LogP contribution in [0.2, 0.25) is 0 Å². The van der Waals surface area contributed by atoms with E-state index < -0.39 is 24.6 Å². The van der Waals surface area contributed by atoms with Gasteiger partial charge in [0.05, 0.1) is 24.8 Å². The maximum atomic E-state index is 13.1. The van der Waals surface area contributed by atoms with Crippen molar-refractivity contribution < 1.29 is 29.2 Å². The minimum atomic E-state index is -1.72. The number of oxime groups is 1. The molecular formula is C23H31BN4O6. The molecule has 1 aromatic carbocycles. The molecule has 2 unspecified atom stereocenters. The van der Waals surface area contributed by atoms with Crippen molar-refractivity contribution in [3.8, 4) is 0 Å². The Morgan fingerprint density at radius 1 is 1.26 bits per heavy atom. The van der Waals surface area contributed by atoms with Crippen LogP contribution in [0.5, 0.6) is 0 Å².